The number of rotatable bonds is 6. The molecule has 2 rings (SSSR count). The number of hydrogen-bond acceptors (Lipinski definition) is 4. The molecule has 1 amide bonds. The van der Waals surface area contributed by atoms with Crippen molar-refractivity contribution in [1.82, 2.24) is 5.43 Å². The summed E-state index contributed by atoms with van der Waals surface area (Å²) in [6.45, 7) is 1.64. The fourth-order valence-corrected chi connectivity index (χ4v) is 1.88. The molecule has 0 heterocycles. The Kier molecular flexibility index (Phi) is 6.00. The summed E-state index contributed by atoms with van der Waals surface area (Å²) in [7, 11) is 1.59. The Labute approximate surface area is 139 Å². The SMILES string of the molecule is COc1cccc(C=NNC(=O)[C@H](C)Oc2ccc(Cl)cc2)c1. The molecule has 0 unspecified atom stereocenters. The monoisotopic (exact) mass is 332 g/mol. The smallest absolute Gasteiger partial charge is 0.280 e. The lowest BCUT2D eigenvalue weighted by atomic mass is 10.2. The highest BCUT2D eigenvalue weighted by Gasteiger charge is 2.13. The molecule has 0 fully saturated rings. The second-order valence-corrected chi connectivity index (χ2v) is 5.16. The van der Waals surface area contributed by atoms with Gasteiger partial charge in [-0.2, -0.15) is 5.10 Å². The molecular weight excluding hydrogens is 316 g/mol. The Morgan fingerprint density at radius 3 is 2.65 bits per heavy atom. The second-order valence-electron chi connectivity index (χ2n) is 4.72. The maximum Gasteiger partial charge on any atom is 0.280 e. The van der Waals surface area contributed by atoms with Crippen molar-refractivity contribution in [2.45, 2.75) is 13.0 Å². The molecule has 1 atom stereocenters. The Bertz CT molecular complexity index is 686. The summed E-state index contributed by atoms with van der Waals surface area (Å²) in [5.74, 6) is 0.938. The molecule has 5 nitrogen and oxygen atoms in total. The van der Waals surface area contributed by atoms with Crippen LogP contribution in [0.15, 0.2) is 53.6 Å². The summed E-state index contributed by atoms with van der Waals surface area (Å²) in [6.07, 6.45) is 0.855. The highest BCUT2D eigenvalue weighted by molar-refractivity contribution is 6.30. The molecule has 0 aliphatic heterocycles. The van der Waals surface area contributed by atoms with Gasteiger partial charge in [0.25, 0.3) is 5.91 Å². The molecule has 0 aliphatic rings. The number of ether oxygens (including phenoxy) is 2. The number of carbonyl (C=O) groups is 1. The van der Waals surface area contributed by atoms with Gasteiger partial charge in [-0.1, -0.05) is 23.7 Å². The van der Waals surface area contributed by atoms with Gasteiger partial charge < -0.3 is 9.47 Å². The summed E-state index contributed by atoms with van der Waals surface area (Å²) >= 11 is 5.80. The number of benzene rings is 2. The van der Waals surface area contributed by atoms with Crippen LogP contribution < -0.4 is 14.9 Å². The Balaban J connectivity index is 1.88. The van der Waals surface area contributed by atoms with E-state index in [4.69, 9.17) is 21.1 Å². The number of nitrogens with zero attached hydrogens (tertiary/aromatic N) is 1. The van der Waals surface area contributed by atoms with Crippen molar-refractivity contribution < 1.29 is 14.3 Å². The van der Waals surface area contributed by atoms with Crippen molar-refractivity contribution in [3.8, 4) is 11.5 Å². The van der Waals surface area contributed by atoms with Gasteiger partial charge in [0.15, 0.2) is 6.10 Å². The van der Waals surface area contributed by atoms with Gasteiger partial charge in [0.1, 0.15) is 11.5 Å². The van der Waals surface area contributed by atoms with E-state index >= 15 is 0 Å². The molecule has 0 saturated heterocycles. The molecule has 120 valence electrons. The van der Waals surface area contributed by atoms with Crippen LogP contribution in [0.4, 0.5) is 0 Å². The second kappa shape index (κ2) is 8.19. The first-order valence-electron chi connectivity index (χ1n) is 6.97. The molecule has 0 aromatic heterocycles. The minimum atomic E-state index is -0.682. The van der Waals surface area contributed by atoms with Crippen LogP contribution in [0.5, 0.6) is 11.5 Å². The molecule has 0 bridgehead atoms. The normalized spacial score (nSPS) is 12.0. The highest BCUT2D eigenvalue weighted by atomic mass is 35.5. The van der Waals surface area contributed by atoms with Crippen molar-refractivity contribution in [3.63, 3.8) is 0 Å². The summed E-state index contributed by atoms with van der Waals surface area (Å²) in [6, 6.07) is 14.1. The van der Waals surface area contributed by atoms with Gasteiger partial charge in [0.2, 0.25) is 0 Å². The van der Waals surface area contributed by atoms with E-state index in [9.17, 15) is 4.79 Å². The number of carbonyl (C=O) groups excluding carboxylic acids is 1. The fourth-order valence-electron chi connectivity index (χ4n) is 1.75. The Morgan fingerprint density at radius 2 is 1.96 bits per heavy atom. The molecule has 0 spiro atoms. The predicted octanol–water partition coefficient (Wildman–Crippen LogP) is 3.27. The third-order valence-corrected chi connectivity index (χ3v) is 3.23. The van der Waals surface area contributed by atoms with Crippen LogP contribution in [0.1, 0.15) is 12.5 Å². The maximum atomic E-state index is 11.9. The topological polar surface area (TPSA) is 59.9 Å². The lowest BCUT2D eigenvalue weighted by Gasteiger charge is -2.12. The number of methoxy groups -OCH3 is 1. The zero-order chi connectivity index (χ0) is 16.7. The van der Waals surface area contributed by atoms with E-state index < -0.39 is 6.10 Å². The van der Waals surface area contributed by atoms with E-state index in [0.717, 1.165) is 11.3 Å². The first kappa shape index (κ1) is 16.8. The van der Waals surface area contributed by atoms with Gasteiger partial charge in [-0.05, 0) is 48.9 Å². The quantitative estimate of drug-likeness (QED) is 0.652. The van der Waals surface area contributed by atoms with Crippen molar-refractivity contribution in [1.29, 1.82) is 0 Å². The van der Waals surface area contributed by atoms with E-state index in [2.05, 4.69) is 10.5 Å². The van der Waals surface area contributed by atoms with Crippen LogP contribution in [0.3, 0.4) is 0 Å². The molecule has 6 heteroatoms. The average Bonchev–Trinajstić information content (AvgIpc) is 2.57. The van der Waals surface area contributed by atoms with E-state index in [1.807, 2.05) is 24.3 Å². The molecule has 0 aliphatic carbocycles. The van der Waals surface area contributed by atoms with Crippen molar-refractivity contribution >= 4 is 23.7 Å². The number of amides is 1. The first-order chi connectivity index (χ1) is 11.1. The third-order valence-electron chi connectivity index (χ3n) is 2.98. The number of halogens is 1. The molecule has 2 aromatic carbocycles. The number of hydrogen-bond donors (Lipinski definition) is 1. The molecule has 23 heavy (non-hydrogen) atoms. The minimum Gasteiger partial charge on any atom is -0.497 e. The maximum absolute atomic E-state index is 11.9. The van der Waals surface area contributed by atoms with Crippen LogP contribution in [0.2, 0.25) is 5.02 Å². The largest absolute Gasteiger partial charge is 0.497 e. The van der Waals surface area contributed by atoms with Gasteiger partial charge in [-0.25, -0.2) is 5.43 Å². The van der Waals surface area contributed by atoms with E-state index in [-0.39, 0.29) is 5.91 Å². The van der Waals surface area contributed by atoms with E-state index in [1.165, 1.54) is 6.21 Å². The van der Waals surface area contributed by atoms with Gasteiger partial charge in [-0.3, -0.25) is 4.79 Å². The predicted molar refractivity (Wildman–Crippen MR) is 90.3 cm³/mol. The van der Waals surface area contributed by atoms with E-state index in [0.29, 0.717) is 10.8 Å². The van der Waals surface area contributed by atoms with Gasteiger partial charge >= 0.3 is 0 Å². The summed E-state index contributed by atoms with van der Waals surface area (Å²) in [4.78, 5) is 11.9. The Morgan fingerprint density at radius 1 is 1.22 bits per heavy atom. The molecule has 0 saturated carbocycles. The highest BCUT2D eigenvalue weighted by Crippen LogP contribution is 2.16. The lowest BCUT2D eigenvalue weighted by molar-refractivity contribution is -0.127. The van der Waals surface area contributed by atoms with Gasteiger partial charge in [-0.15, -0.1) is 0 Å². The molecule has 0 radical (unpaired) electrons. The lowest BCUT2D eigenvalue weighted by Crippen LogP contribution is -2.33. The van der Waals surface area contributed by atoms with Crippen LogP contribution >= 0.6 is 11.6 Å². The third kappa shape index (κ3) is 5.30. The first-order valence-corrected chi connectivity index (χ1v) is 7.35. The van der Waals surface area contributed by atoms with Crippen LogP contribution in [0.25, 0.3) is 0 Å². The number of nitrogens with one attached hydrogen (secondary N) is 1. The van der Waals surface area contributed by atoms with Gasteiger partial charge in [0, 0.05) is 5.02 Å². The van der Waals surface area contributed by atoms with Crippen molar-refractivity contribution in [2.24, 2.45) is 5.10 Å². The fraction of sp³-hybridized carbons (Fsp3) is 0.176. The van der Waals surface area contributed by atoms with Crippen molar-refractivity contribution in [2.75, 3.05) is 7.11 Å². The minimum absolute atomic E-state index is 0.348. The molecule has 2 aromatic rings. The summed E-state index contributed by atoms with van der Waals surface area (Å²) in [5, 5.41) is 4.52. The molecular formula is C17H17ClN2O3. The van der Waals surface area contributed by atoms with Crippen molar-refractivity contribution in [3.05, 3.63) is 59.1 Å². The zero-order valence-corrected chi connectivity index (χ0v) is 13.6. The van der Waals surface area contributed by atoms with Gasteiger partial charge in [0.05, 0.1) is 13.3 Å². The van der Waals surface area contributed by atoms with Crippen LogP contribution in [0, 0.1) is 0 Å². The molecule has 1 N–H and O–H groups in total. The number of hydrazone groups is 1. The summed E-state index contributed by atoms with van der Waals surface area (Å²) in [5.41, 5.74) is 3.25. The van der Waals surface area contributed by atoms with Crippen LogP contribution in [-0.2, 0) is 4.79 Å². The summed E-state index contributed by atoms with van der Waals surface area (Å²) < 4.78 is 10.6. The standard InChI is InChI=1S/C17H17ClN2O3/c1-12(23-15-8-6-14(18)7-9-15)17(21)20-19-11-13-4-3-5-16(10-13)22-2/h3-12H,1-2H3,(H,20,21)/t12-/m0/s1. The van der Waals surface area contributed by atoms with Crippen LogP contribution in [-0.4, -0.2) is 25.3 Å². The Hall–Kier alpha value is -2.53. The average molecular weight is 333 g/mol. The van der Waals surface area contributed by atoms with E-state index in [1.54, 1.807) is 38.3 Å². The zero-order valence-electron chi connectivity index (χ0n) is 12.8.